The van der Waals surface area contributed by atoms with Crippen molar-refractivity contribution >= 4 is 18.0 Å². The van der Waals surface area contributed by atoms with Crippen LogP contribution in [0.2, 0.25) is 0 Å². The lowest BCUT2D eigenvalue weighted by molar-refractivity contribution is 0.242. The smallest absolute Gasteiger partial charge is 0.258 e. The Kier molecular flexibility index (Phi) is 4.37. The van der Waals surface area contributed by atoms with Gasteiger partial charge < -0.3 is 5.32 Å². The molecule has 23 heavy (non-hydrogen) atoms. The molecular formula is C17H22N4OS. The average molecular weight is 330 g/mol. The van der Waals surface area contributed by atoms with Crippen molar-refractivity contribution in [1.82, 2.24) is 14.5 Å². The van der Waals surface area contributed by atoms with Gasteiger partial charge in [-0.05, 0) is 37.2 Å². The first-order valence-electron chi connectivity index (χ1n) is 7.87. The van der Waals surface area contributed by atoms with Crippen molar-refractivity contribution in [1.29, 1.82) is 0 Å². The summed E-state index contributed by atoms with van der Waals surface area (Å²) in [5, 5.41) is 3.38. The Morgan fingerprint density at radius 2 is 1.96 bits per heavy atom. The van der Waals surface area contributed by atoms with E-state index in [4.69, 9.17) is 12.2 Å². The summed E-state index contributed by atoms with van der Waals surface area (Å²) in [5.41, 5.74) is 2.79. The third kappa shape index (κ3) is 3.23. The summed E-state index contributed by atoms with van der Waals surface area (Å²) in [6, 6.07) is 8.13. The highest BCUT2D eigenvalue weighted by atomic mass is 32.1. The van der Waals surface area contributed by atoms with E-state index >= 15 is 0 Å². The minimum Gasteiger partial charge on any atom is -0.358 e. The molecule has 1 aliphatic rings. The van der Waals surface area contributed by atoms with Crippen LogP contribution in [0.5, 0.6) is 0 Å². The lowest BCUT2D eigenvalue weighted by atomic mass is 10.1. The van der Waals surface area contributed by atoms with Crippen LogP contribution >= 0.6 is 12.2 Å². The number of H-pyrrole nitrogens is 1. The monoisotopic (exact) mass is 330 g/mol. The molecule has 0 atom stereocenters. The normalized spacial score (nSPS) is 14.6. The predicted octanol–water partition coefficient (Wildman–Crippen LogP) is 3.04. The molecule has 5 nitrogen and oxygen atoms in total. The number of nitrogens with zero attached hydrogens (tertiary/aromatic N) is 2. The molecule has 1 aliphatic heterocycles. The molecule has 0 bridgehead atoms. The van der Waals surface area contributed by atoms with Gasteiger partial charge in [-0.2, -0.15) is 0 Å². The molecule has 0 amide bonds. The number of rotatable bonds is 3. The highest BCUT2D eigenvalue weighted by Crippen LogP contribution is 2.23. The molecule has 3 rings (SSSR count). The first-order valence-corrected chi connectivity index (χ1v) is 8.28. The number of aromatic nitrogens is 2. The SMILES string of the molecule is Cc1ccc(-n2c3c(c(=O)[nH]c2=S)CN(CC(C)C)CN3)cc1. The molecule has 1 aromatic heterocycles. The maximum absolute atomic E-state index is 12.4. The number of aromatic amines is 1. The molecule has 0 aliphatic carbocycles. The van der Waals surface area contributed by atoms with E-state index < -0.39 is 0 Å². The van der Waals surface area contributed by atoms with Gasteiger partial charge in [-0.15, -0.1) is 0 Å². The number of benzene rings is 1. The Labute approximate surface area is 141 Å². The fourth-order valence-corrected chi connectivity index (χ4v) is 3.25. The van der Waals surface area contributed by atoms with Crippen molar-refractivity contribution in [2.75, 3.05) is 18.5 Å². The Balaban J connectivity index is 2.08. The van der Waals surface area contributed by atoms with Gasteiger partial charge in [0.2, 0.25) is 0 Å². The van der Waals surface area contributed by atoms with Gasteiger partial charge in [0.25, 0.3) is 5.56 Å². The standard InChI is InChI=1S/C17H22N4OS/c1-11(2)8-20-9-14-15(18-10-20)21(17(23)19-16(14)22)13-6-4-12(3)5-7-13/h4-7,11,18H,8-10H2,1-3H3,(H,19,22,23). The molecule has 0 saturated heterocycles. The fraction of sp³-hybridized carbons (Fsp3) is 0.412. The third-order valence-electron chi connectivity index (χ3n) is 3.97. The summed E-state index contributed by atoms with van der Waals surface area (Å²) in [4.78, 5) is 17.4. The summed E-state index contributed by atoms with van der Waals surface area (Å²) in [7, 11) is 0. The summed E-state index contributed by atoms with van der Waals surface area (Å²) in [6.45, 7) is 8.71. The Morgan fingerprint density at radius 1 is 1.26 bits per heavy atom. The molecule has 6 heteroatoms. The van der Waals surface area contributed by atoms with Gasteiger partial charge in [-0.3, -0.25) is 19.2 Å². The van der Waals surface area contributed by atoms with Crippen LogP contribution in [0.15, 0.2) is 29.1 Å². The second-order valence-corrected chi connectivity index (χ2v) is 6.88. The molecular weight excluding hydrogens is 308 g/mol. The number of aryl methyl sites for hydroxylation is 1. The Bertz CT molecular complexity index is 820. The first kappa shape index (κ1) is 16.0. The van der Waals surface area contributed by atoms with Gasteiger partial charge in [-0.25, -0.2) is 0 Å². The molecule has 0 unspecified atom stereocenters. The van der Waals surface area contributed by atoms with Crippen LogP contribution < -0.4 is 10.9 Å². The van der Waals surface area contributed by atoms with Gasteiger partial charge >= 0.3 is 0 Å². The van der Waals surface area contributed by atoms with Crippen LogP contribution in [0.3, 0.4) is 0 Å². The highest BCUT2D eigenvalue weighted by molar-refractivity contribution is 7.71. The zero-order valence-electron chi connectivity index (χ0n) is 13.7. The van der Waals surface area contributed by atoms with E-state index in [1.807, 2.05) is 35.8 Å². The Hall–Kier alpha value is -1.92. The van der Waals surface area contributed by atoms with Crippen molar-refractivity contribution in [2.24, 2.45) is 5.92 Å². The van der Waals surface area contributed by atoms with E-state index in [1.165, 1.54) is 5.56 Å². The average Bonchev–Trinajstić information content (AvgIpc) is 2.49. The predicted molar refractivity (Wildman–Crippen MR) is 95.7 cm³/mol. The van der Waals surface area contributed by atoms with E-state index in [1.54, 1.807) is 0 Å². The van der Waals surface area contributed by atoms with Crippen molar-refractivity contribution in [2.45, 2.75) is 27.3 Å². The first-order chi connectivity index (χ1) is 11.0. The van der Waals surface area contributed by atoms with Gasteiger partial charge in [0.05, 0.1) is 12.2 Å². The third-order valence-corrected chi connectivity index (χ3v) is 4.26. The molecule has 0 spiro atoms. The van der Waals surface area contributed by atoms with Crippen LogP contribution in [0, 0.1) is 17.6 Å². The quantitative estimate of drug-likeness (QED) is 0.850. The lowest BCUT2D eigenvalue weighted by Crippen LogP contribution is -2.40. The van der Waals surface area contributed by atoms with Crippen LogP contribution in [0.1, 0.15) is 25.0 Å². The van der Waals surface area contributed by atoms with Crippen molar-refractivity contribution in [3.05, 3.63) is 50.5 Å². The van der Waals surface area contributed by atoms with E-state index in [2.05, 4.69) is 29.0 Å². The van der Waals surface area contributed by atoms with Crippen LogP contribution in [-0.4, -0.2) is 27.7 Å². The summed E-state index contributed by atoms with van der Waals surface area (Å²) < 4.78 is 2.33. The molecule has 2 aromatic rings. The molecule has 122 valence electrons. The minimum absolute atomic E-state index is 0.102. The van der Waals surface area contributed by atoms with Crippen LogP contribution in [0.4, 0.5) is 5.82 Å². The van der Waals surface area contributed by atoms with Gasteiger partial charge in [-0.1, -0.05) is 31.5 Å². The van der Waals surface area contributed by atoms with Crippen molar-refractivity contribution in [3.63, 3.8) is 0 Å². The summed E-state index contributed by atoms with van der Waals surface area (Å²) >= 11 is 5.39. The summed E-state index contributed by atoms with van der Waals surface area (Å²) in [5.74, 6) is 1.36. The summed E-state index contributed by atoms with van der Waals surface area (Å²) in [6.07, 6.45) is 0. The van der Waals surface area contributed by atoms with Gasteiger partial charge in [0.1, 0.15) is 5.82 Å². The number of hydrogen-bond acceptors (Lipinski definition) is 4. The molecule has 0 saturated carbocycles. The van der Waals surface area contributed by atoms with Crippen molar-refractivity contribution < 1.29 is 0 Å². The molecule has 2 heterocycles. The molecule has 2 N–H and O–H groups in total. The fourth-order valence-electron chi connectivity index (χ4n) is 2.96. The van der Waals surface area contributed by atoms with E-state index in [0.29, 0.717) is 17.2 Å². The topological polar surface area (TPSA) is 53.1 Å². The number of anilines is 1. The maximum atomic E-state index is 12.4. The van der Waals surface area contributed by atoms with E-state index in [0.717, 1.165) is 30.3 Å². The molecule has 0 fully saturated rings. The van der Waals surface area contributed by atoms with Gasteiger partial charge in [0.15, 0.2) is 4.77 Å². The van der Waals surface area contributed by atoms with Crippen LogP contribution in [-0.2, 0) is 6.54 Å². The highest BCUT2D eigenvalue weighted by Gasteiger charge is 2.22. The number of nitrogens with one attached hydrogen (secondary N) is 2. The minimum atomic E-state index is -0.102. The Morgan fingerprint density at radius 3 is 2.61 bits per heavy atom. The van der Waals surface area contributed by atoms with Crippen molar-refractivity contribution in [3.8, 4) is 5.69 Å². The largest absolute Gasteiger partial charge is 0.358 e. The number of hydrogen-bond donors (Lipinski definition) is 2. The zero-order chi connectivity index (χ0) is 16.6. The second kappa shape index (κ2) is 6.29. The van der Waals surface area contributed by atoms with E-state index in [9.17, 15) is 4.79 Å². The second-order valence-electron chi connectivity index (χ2n) is 6.50. The van der Waals surface area contributed by atoms with E-state index in [-0.39, 0.29) is 5.56 Å². The lowest BCUT2D eigenvalue weighted by Gasteiger charge is -2.32. The maximum Gasteiger partial charge on any atom is 0.258 e. The zero-order valence-corrected chi connectivity index (χ0v) is 14.5. The number of fused-ring (bicyclic) bond motifs is 1. The van der Waals surface area contributed by atoms with Gasteiger partial charge in [0, 0.05) is 18.8 Å². The molecule has 1 aromatic carbocycles. The molecule has 0 radical (unpaired) electrons. The van der Waals surface area contributed by atoms with Crippen LogP contribution in [0.25, 0.3) is 5.69 Å².